The van der Waals surface area contributed by atoms with Crippen LogP contribution in [0.5, 0.6) is 0 Å². The fourth-order valence-electron chi connectivity index (χ4n) is 6.13. The number of rotatable bonds is 8. The highest BCUT2D eigenvalue weighted by atomic mass is 19.1. The molecular weight excluding hydrogens is 523 g/mol. The number of hydrogen-bond acceptors (Lipinski definition) is 4. The van der Waals surface area contributed by atoms with Crippen LogP contribution in [0.3, 0.4) is 0 Å². The van der Waals surface area contributed by atoms with Gasteiger partial charge in [-0.2, -0.15) is 0 Å². The fraction of sp³-hybridized carbons (Fsp3) is 0.375. The molecule has 0 atom stereocenters. The smallest absolute Gasteiger partial charge is 0.405 e. The zero-order valence-corrected chi connectivity index (χ0v) is 23.0. The maximum atomic E-state index is 13.8. The van der Waals surface area contributed by atoms with Crippen LogP contribution >= 0.6 is 0 Å². The Hall–Kier alpha value is -4.27. The third-order valence-electron chi connectivity index (χ3n) is 8.18. The number of alkyl halides is 1. The fourth-order valence-corrected chi connectivity index (χ4v) is 6.13. The standard InChI is InChI=1S/C32H35FN4O4/c1-20(38)35-26-13-7-21(8-14-26)15-29(39)36-27-16-28(22-5-3-2-4-6-22)30(34-19-27)23-9-11-24(12-10-23)32(37-31(40)41)17-25(33)18-32/h2-6,9-12,16,19,21,25-26,37H,7-8,13-15,17-18H2,1H3,(H,35,38)(H,36,39)(H,40,41). The highest BCUT2D eigenvalue weighted by Crippen LogP contribution is 2.44. The Labute approximate surface area is 238 Å². The topological polar surface area (TPSA) is 120 Å². The molecule has 2 aliphatic carbocycles. The Morgan fingerprint density at radius 1 is 0.976 bits per heavy atom. The molecule has 0 aliphatic heterocycles. The second-order valence-electron chi connectivity index (χ2n) is 11.3. The van der Waals surface area contributed by atoms with Gasteiger partial charge in [0.15, 0.2) is 0 Å². The van der Waals surface area contributed by atoms with Crippen LogP contribution < -0.4 is 16.0 Å². The first-order valence-electron chi connectivity index (χ1n) is 14.1. The minimum Gasteiger partial charge on any atom is -0.465 e. The van der Waals surface area contributed by atoms with Gasteiger partial charge in [0, 0.05) is 43.4 Å². The molecule has 0 bridgehead atoms. The number of amides is 3. The van der Waals surface area contributed by atoms with Crippen LogP contribution in [0.4, 0.5) is 14.9 Å². The average molecular weight is 559 g/mol. The van der Waals surface area contributed by atoms with Gasteiger partial charge >= 0.3 is 6.09 Å². The molecular formula is C32H35FN4O4. The Kier molecular flexibility index (Phi) is 8.33. The molecule has 3 amide bonds. The molecule has 3 aromatic rings. The predicted octanol–water partition coefficient (Wildman–Crippen LogP) is 6.03. The van der Waals surface area contributed by atoms with E-state index in [1.807, 2.05) is 60.7 Å². The Balaban J connectivity index is 1.33. The second-order valence-corrected chi connectivity index (χ2v) is 11.3. The van der Waals surface area contributed by atoms with Crippen molar-refractivity contribution in [1.29, 1.82) is 0 Å². The van der Waals surface area contributed by atoms with Crippen LogP contribution in [0, 0.1) is 5.92 Å². The number of benzene rings is 2. The normalized spacial score (nSPS) is 23.6. The molecule has 2 saturated carbocycles. The summed E-state index contributed by atoms with van der Waals surface area (Å²) in [6, 6.07) is 19.3. The molecule has 0 spiro atoms. The van der Waals surface area contributed by atoms with Crippen molar-refractivity contribution >= 4 is 23.6 Å². The minimum atomic E-state index is -1.18. The molecule has 9 heteroatoms. The lowest BCUT2D eigenvalue weighted by Crippen LogP contribution is -2.55. The van der Waals surface area contributed by atoms with Gasteiger partial charge in [0.1, 0.15) is 6.17 Å². The van der Waals surface area contributed by atoms with Crippen molar-refractivity contribution < 1.29 is 23.9 Å². The molecule has 41 heavy (non-hydrogen) atoms. The Morgan fingerprint density at radius 3 is 2.27 bits per heavy atom. The van der Waals surface area contributed by atoms with E-state index < -0.39 is 17.8 Å². The number of nitrogens with one attached hydrogen (secondary N) is 3. The van der Waals surface area contributed by atoms with Crippen molar-refractivity contribution in [2.45, 2.75) is 69.6 Å². The van der Waals surface area contributed by atoms with Crippen molar-refractivity contribution in [3.63, 3.8) is 0 Å². The van der Waals surface area contributed by atoms with Gasteiger partial charge in [0.25, 0.3) is 0 Å². The SMILES string of the molecule is CC(=O)NC1CCC(CC(=O)Nc2cnc(-c3ccc(C4(NC(=O)O)CC(F)C4)cc3)c(-c3ccccc3)c2)CC1. The van der Waals surface area contributed by atoms with Gasteiger partial charge in [-0.05, 0) is 48.8 Å². The monoisotopic (exact) mass is 558 g/mol. The molecule has 0 radical (unpaired) electrons. The number of carbonyl (C=O) groups is 3. The molecule has 2 aliphatic rings. The largest absolute Gasteiger partial charge is 0.465 e. The number of aromatic nitrogens is 1. The van der Waals surface area contributed by atoms with Gasteiger partial charge in [0.05, 0.1) is 23.1 Å². The van der Waals surface area contributed by atoms with Crippen LogP contribution in [0.25, 0.3) is 22.4 Å². The van der Waals surface area contributed by atoms with Gasteiger partial charge in [-0.25, -0.2) is 9.18 Å². The maximum Gasteiger partial charge on any atom is 0.405 e. The summed E-state index contributed by atoms with van der Waals surface area (Å²) in [5, 5.41) is 17.8. The Morgan fingerprint density at radius 2 is 1.66 bits per heavy atom. The van der Waals surface area contributed by atoms with Gasteiger partial charge in [-0.15, -0.1) is 0 Å². The van der Waals surface area contributed by atoms with E-state index in [2.05, 4.69) is 16.0 Å². The highest BCUT2D eigenvalue weighted by molar-refractivity contribution is 5.93. The van der Waals surface area contributed by atoms with Crippen LogP contribution in [-0.4, -0.2) is 40.2 Å². The Bertz CT molecular complexity index is 1400. The summed E-state index contributed by atoms with van der Waals surface area (Å²) < 4.78 is 13.8. The predicted molar refractivity (Wildman–Crippen MR) is 155 cm³/mol. The summed E-state index contributed by atoms with van der Waals surface area (Å²) in [6.07, 6.45) is 3.63. The van der Waals surface area contributed by atoms with Crippen molar-refractivity contribution in [1.82, 2.24) is 15.6 Å². The molecule has 0 saturated heterocycles. The summed E-state index contributed by atoms with van der Waals surface area (Å²) in [5.74, 6) is 0.204. The molecule has 1 heterocycles. The van der Waals surface area contributed by atoms with E-state index in [-0.39, 0.29) is 36.6 Å². The van der Waals surface area contributed by atoms with Crippen molar-refractivity contribution in [3.05, 3.63) is 72.4 Å². The number of pyridine rings is 1. The summed E-state index contributed by atoms with van der Waals surface area (Å²) in [6.45, 7) is 1.53. The van der Waals surface area contributed by atoms with Crippen molar-refractivity contribution in [2.75, 3.05) is 5.32 Å². The summed E-state index contributed by atoms with van der Waals surface area (Å²) in [5.41, 5.74) is 3.73. The molecule has 4 N–H and O–H groups in total. The zero-order chi connectivity index (χ0) is 29.0. The van der Waals surface area contributed by atoms with E-state index >= 15 is 0 Å². The summed E-state index contributed by atoms with van der Waals surface area (Å²) in [4.78, 5) is 40.3. The van der Waals surface area contributed by atoms with Crippen molar-refractivity contribution in [3.8, 4) is 22.4 Å². The lowest BCUT2D eigenvalue weighted by molar-refractivity contribution is -0.120. The molecule has 8 nitrogen and oxygen atoms in total. The number of anilines is 1. The number of carboxylic acid groups (broad SMARTS) is 1. The molecule has 2 aromatic carbocycles. The molecule has 2 fully saturated rings. The third-order valence-corrected chi connectivity index (χ3v) is 8.18. The first-order chi connectivity index (χ1) is 19.7. The van der Waals surface area contributed by atoms with Gasteiger partial charge < -0.3 is 21.1 Å². The van der Waals surface area contributed by atoms with Crippen LogP contribution in [0.15, 0.2) is 66.9 Å². The van der Waals surface area contributed by atoms with Crippen LogP contribution in [-0.2, 0) is 15.1 Å². The summed E-state index contributed by atoms with van der Waals surface area (Å²) >= 11 is 0. The van der Waals surface area contributed by atoms with E-state index in [1.165, 1.54) is 6.92 Å². The van der Waals surface area contributed by atoms with Crippen LogP contribution in [0.1, 0.15) is 57.4 Å². The first-order valence-corrected chi connectivity index (χ1v) is 14.1. The highest BCUT2D eigenvalue weighted by Gasteiger charge is 2.47. The molecule has 1 aromatic heterocycles. The van der Waals surface area contributed by atoms with E-state index in [0.29, 0.717) is 23.4 Å². The van der Waals surface area contributed by atoms with E-state index in [9.17, 15) is 23.9 Å². The number of halogens is 1. The number of nitrogens with zero attached hydrogens (tertiary/aromatic N) is 1. The van der Waals surface area contributed by atoms with E-state index in [1.54, 1.807) is 6.20 Å². The zero-order valence-electron chi connectivity index (χ0n) is 23.0. The van der Waals surface area contributed by atoms with E-state index in [0.717, 1.165) is 42.4 Å². The minimum absolute atomic E-state index is 0.0142. The second kappa shape index (κ2) is 12.1. The van der Waals surface area contributed by atoms with Crippen molar-refractivity contribution in [2.24, 2.45) is 5.92 Å². The third kappa shape index (κ3) is 6.73. The molecule has 0 unspecified atom stereocenters. The lowest BCUT2D eigenvalue weighted by atomic mass is 9.70. The average Bonchev–Trinajstić information content (AvgIpc) is 2.93. The van der Waals surface area contributed by atoms with Gasteiger partial charge in [-0.1, -0.05) is 54.6 Å². The number of hydrogen-bond donors (Lipinski definition) is 4. The lowest BCUT2D eigenvalue weighted by Gasteiger charge is -2.44. The van der Waals surface area contributed by atoms with Gasteiger partial charge in [0.2, 0.25) is 11.8 Å². The quantitative estimate of drug-likeness (QED) is 0.269. The van der Waals surface area contributed by atoms with Crippen LogP contribution in [0.2, 0.25) is 0 Å². The van der Waals surface area contributed by atoms with E-state index in [4.69, 9.17) is 4.98 Å². The first kappa shape index (κ1) is 28.3. The number of carbonyl (C=O) groups excluding carboxylic acids is 2. The summed E-state index contributed by atoms with van der Waals surface area (Å²) in [7, 11) is 0. The maximum absolute atomic E-state index is 13.8. The van der Waals surface area contributed by atoms with Gasteiger partial charge in [-0.3, -0.25) is 14.6 Å². The molecule has 214 valence electrons. The molecule has 5 rings (SSSR count).